The Kier molecular flexibility index (Phi) is 60.4. The van der Waals surface area contributed by atoms with Crippen molar-refractivity contribution in [2.75, 3.05) is 40.9 Å². The summed E-state index contributed by atoms with van der Waals surface area (Å²) in [5, 5.41) is 14.1. The summed E-state index contributed by atoms with van der Waals surface area (Å²) in [5.41, 5.74) is 0. The molecule has 0 radical (unpaired) electrons. The first-order valence-electron chi connectivity index (χ1n) is 34.6. The number of nitrogens with one attached hydrogen (secondary N) is 1. The Morgan fingerprint density at radius 3 is 1.11 bits per heavy atom. The second-order valence-electron chi connectivity index (χ2n) is 24.9. The molecular weight excluding hydrogens is 1010 g/mol. The van der Waals surface area contributed by atoms with Gasteiger partial charge in [-0.15, -0.1) is 0 Å². The Hall–Kier alpha value is -1.80. The van der Waals surface area contributed by atoms with E-state index in [0.29, 0.717) is 23.9 Å². The summed E-state index contributed by atoms with van der Waals surface area (Å²) >= 11 is 0. The summed E-state index contributed by atoms with van der Waals surface area (Å²) in [4.78, 5) is 25.7. The Morgan fingerprint density at radius 1 is 0.450 bits per heavy atom. The monoisotopic (exact) mass is 1140 g/mol. The minimum Gasteiger partial charge on any atom is -0.756 e. The van der Waals surface area contributed by atoms with Crippen molar-refractivity contribution in [3.8, 4) is 0 Å². The van der Waals surface area contributed by atoms with Crippen LogP contribution in [0.5, 0.6) is 0 Å². The number of phosphoric acid groups is 1. The zero-order valence-corrected chi connectivity index (χ0v) is 54.7. The fraction of sp³-hybridized carbons (Fsp3) is 0.845. The van der Waals surface area contributed by atoms with Gasteiger partial charge in [0.25, 0.3) is 7.82 Å². The van der Waals surface area contributed by atoms with Gasteiger partial charge in [0.05, 0.1) is 39.9 Å². The molecular formula is C71H135N2O6P. The molecule has 0 heterocycles. The number of quaternary nitrogens is 1. The number of carbonyl (C=O) groups is 1. The quantitative estimate of drug-likeness (QED) is 0.0272. The molecule has 8 nitrogen and oxygen atoms in total. The van der Waals surface area contributed by atoms with Gasteiger partial charge < -0.3 is 28.8 Å². The second kappa shape index (κ2) is 61.8. The van der Waals surface area contributed by atoms with Crippen LogP contribution in [0, 0.1) is 0 Å². The molecule has 0 aromatic heterocycles. The third kappa shape index (κ3) is 63.8. The molecule has 0 saturated heterocycles. The van der Waals surface area contributed by atoms with E-state index in [1.54, 1.807) is 0 Å². The summed E-state index contributed by atoms with van der Waals surface area (Å²) in [7, 11) is 1.32. The molecule has 3 atom stereocenters. The minimum atomic E-state index is -4.58. The molecule has 0 aliphatic rings. The number of likely N-dealkylation sites (N-methyl/N-ethyl adjacent to an activating group) is 1. The van der Waals surface area contributed by atoms with Crippen molar-refractivity contribution >= 4 is 13.7 Å². The number of hydrogen-bond acceptors (Lipinski definition) is 6. The minimum absolute atomic E-state index is 0.0131. The fourth-order valence-corrected chi connectivity index (χ4v) is 11.1. The van der Waals surface area contributed by atoms with Crippen molar-refractivity contribution in [3.63, 3.8) is 0 Å². The van der Waals surface area contributed by atoms with Gasteiger partial charge in [0, 0.05) is 6.42 Å². The number of aliphatic hydroxyl groups excluding tert-OH is 1. The topological polar surface area (TPSA) is 108 Å². The number of phosphoric ester groups is 1. The van der Waals surface area contributed by atoms with Gasteiger partial charge in [0.2, 0.25) is 5.91 Å². The van der Waals surface area contributed by atoms with Gasteiger partial charge >= 0.3 is 0 Å². The van der Waals surface area contributed by atoms with Gasteiger partial charge in [0.1, 0.15) is 13.2 Å². The molecule has 0 rings (SSSR count). The van der Waals surface area contributed by atoms with E-state index >= 15 is 0 Å². The highest BCUT2D eigenvalue weighted by molar-refractivity contribution is 7.45. The molecule has 0 spiro atoms. The van der Waals surface area contributed by atoms with Crippen LogP contribution in [0.3, 0.4) is 0 Å². The standard InChI is InChI=1S/C71H135N2O6P/c1-6-8-10-12-14-16-18-20-22-24-26-28-30-31-32-33-34-35-36-37-38-39-40-41-43-45-47-49-51-53-55-57-59-61-63-65-71(75)72-69(68-79-80(76,77)78-67-66-73(3,4)5)70(74)64-62-60-58-56-54-52-50-48-46-44-42-29-27-25-23-21-19-17-15-13-11-9-7-2/h8,10,14,16,20,22,26,28,31-32,69-70,74H,6-7,9,11-13,15,17-19,21,23-25,27,29-30,33-68H2,1-5H3,(H-,72,75,76,77)/b10-8-,16-14-,22-20-,28-26-,32-31-. The lowest BCUT2D eigenvalue weighted by Crippen LogP contribution is -2.46. The molecule has 0 aromatic carbocycles. The smallest absolute Gasteiger partial charge is 0.268 e. The van der Waals surface area contributed by atoms with Crippen LogP contribution < -0.4 is 10.2 Å². The van der Waals surface area contributed by atoms with Gasteiger partial charge in [-0.2, -0.15) is 0 Å². The molecule has 0 bridgehead atoms. The largest absolute Gasteiger partial charge is 0.756 e. The Balaban J connectivity index is 4.00. The summed E-state index contributed by atoms with van der Waals surface area (Å²) in [6, 6.07) is -0.802. The van der Waals surface area contributed by atoms with Gasteiger partial charge in [-0.1, -0.05) is 331 Å². The Morgan fingerprint density at radius 2 is 0.762 bits per heavy atom. The first-order chi connectivity index (χ1) is 39.0. The molecule has 3 unspecified atom stereocenters. The van der Waals surface area contributed by atoms with E-state index in [2.05, 4.69) is 79.9 Å². The van der Waals surface area contributed by atoms with Crippen LogP contribution in [0.25, 0.3) is 0 Å². The zero-order valence-electron chi connectivity index (χ0n) is 53.8. The maximum absolute atomic E-state index is 13.1. The summed E-state index contributed by atoms with van der Waals surface area (Å²) in [6.45, 7) is 4.66. The van der Waals surface area contributed by atoms with Crippen LogP contribution in [-0.4, -0.2) is 68.5 Å². The molecule has 1 amide bonds. The van der Waals surface area contributed by atoms with Crippen molar-refractivity contribution < 1.29 is 32.9 Å². The average Bonchev–Trinajstić information content (AvgIpc) is 3.42. The van der Waals surface area contributed by atoms with Crippen molar-refractivity contribution in [2.45, 2.75) is 347 Å². The first kappa shape index (κ1) is 78.2. The molecule has 0 saturated carbocycles. The van der Waals surface area contributed by atoms with E-state index in [1.807, 2.05) is 21.1 Å². The normalized spacial score (nSPS) is 14.0. The number of nitrogens with zero attached hydrogens (tertiary/aromatic N) is 1. The fourth-order valence-electron chi connectivity index (χ4n) is 10.4. The van der Waals surface area contributed by atoms with E-state index in [9.17, 15) is 19.4 Å². The molecule has 9 heteroatoms. The summed E-state index contributed by atoms with van der Waals surface area (Å²) in [6.07, 6.45) is 84.3. The highest BCUT2D eigenvalue weighted by atomic mass is 31.2. The van der Waals surface area contributed by atoms with Crippen LogP contribution in [-0.2, 0) is 18.4 Å². The Labute approximate surface area is 498 Å². The maximum Gasteiger partial charge on any atom is 0.268 e. The number of rotatable bonds is 64. The average molecular weight is 1140 g/mol. The molecule has 80 heavy (non-hydrogen) atoms. The molecule has 0 fully saturated rings. The molecule has 0 aliphatic heterocycles. The van der Waals surface area contributed by atoms with E-state index < -0.39 is 20.0 Å². The molecule has 0 aromatic rings. The van der Waals surface area contributed by atoms with Crippen molar-refractivity contribution in [3.05, 3.63) is 60.8 Å². The summed E-state index contributed by atoms with van der Waals surface area (Å²) < 4.78 is 23.5. The van der Waals surface area contributed by atoms with Crippen LogP contribution in [0.4, 0.5) is 0 Å². The van der Waals surface area contributed by atoms with Crippen molar-refractivity contribution in [2.24, 2.45) is 0 Å². The number of aliphatic hydroxyl groups is 1. The molecule has 0 aliphatic carbocycles. The predicted octanol–water partition coefficient (Wildman–Crippen LogP) is 21.4. The van der Waals surface area contributed by atoms with Gasteiger partial charge in [-0.25, -0.2) is 0 Å². The molecule has 2 N–H and O–H groups in total. The van der Waals surface area contributed by atoms with Crippen LogP contribution in [0.2, 0.25) is 0 Å². The van der Waals surface area contributed by atoms with Crippen molar-refractivity contribution in [1.29, 1.82) is 0 Å². The SMILES string of the molecule is CC/C=C\C/C=C\C/C=C\C/C=C\C/C=C\CCCCCCCCCCCCCCCCCCCCCC(=O)NC(COP(=O)([O-])OCC[N+](C)(C)C)C(O)CCCCCCCCCCCCCCCCCCCCCCCCC. The van der Waals surface area contributed by atoms with E-state index in [-0.39, 0.29) is 19.1 Å². The number of carbonyl (C=O) groups excluding carboxylic acids is 1. The van der Waals surface area contributed by atoms with E-state index in [1.165, 1.54) is 238 Å². The number of hydrogen-bond donors (Lipinski definition) is 2. The highest BCUT2D eigenvalue weighted by Gasteiger charge is 2.24. The van der Waals surface area contributed by atoms with Gasteiger partial charge in [-0.05, 0) is 57.8 Å². The third-order valence-electron chi connectivity index (χ3n) is 15.8. The van der Waals surface area contributed by atoms with E-state index in [0.717, 1.165) is 70.6 Å². The molecule has 470 valence electrons. The van der Waals surface area contributed by atoms with Crippen molar-refractivity contribution in [1.82, 2.24) is 5.32 Å². The summed E-state index contributed by atoms with van der Waals surface area (Å²) in [5.74, 6) is -0.159. The maximum atomic E-state index is 13.1. The highest BCUT2D eigenvalue weighted by Crippen LogP contribution is 2.38. The second-order valence-corrected chi connectivity index (χ2v) is 26.3. The number of amides is 1. The van der Waals surface area contributed by atoms with Gasteiger partial charge in [0.15, 0.2) is 0 Å². The lowest BCUT2D eigenvalue weighted by molar-refractivity contribution is -0.870. The Bertz CT molecular complexity index is 1490. The first-order valence-corrected chi connectivity index (χ1v) is 36.1. The lowest BCUT2D eigenvalue weighted by atomic mass is 10.0. The lowest BCUT2D eigenvalue weighted by Gasteiger charge is -2.30. The van der Waals surface area contributed by atoms with Crippen LogP contribution in [0.15, 0.2) is 60.8 Å². The van der Waals surface area contributed by atoms with E-state index in [4.69, 9.17) is 9.05 Å². The number of unbranched alkanes of at least 4 members (excludes halogenated alkanes) is 41. The number of allylic oxidation sites excluding steroid dienone is 10. The predicted molar refractivity (Wildman–Crippen MR) is 348 cm³/mol. The van der Waals surface area contributed by atoms with Crippen LogP contribution in [0.1, 0.15) is 335 Å². The van der Waals surface area contributed by atoms with Gasteiger partial charge in [-0.3, -0.25) is 9.36 Å². The zero-order chi connectivity index (χ0) is 58.4. The van der Waals surface area contributed by atoms with Crippen LogP contribution >= 0.6 is 7.82 Å². The third-order valence-corrected chi connectivity index (χ3v) is 16.7.